The van der Waals surface area contributed by atoms with E-state index in [4.69, 9.17) is 4.42 Å². The molecule has 4 heteroatoms. The molecule has 0 aliphatic carbocycles. The normalized spacial score (nSPS) is 16.8. The molecule has 4 rings (SSSR count). The first kappa shape index (κ1) is 13.1. The van der Waals surface area contributed by atoms with E-state index in [0.29, 0.717) is 24.4 Å². The average Bonchev–Trinajstić information content (AvgIpc) is 3.14. The summed E-state index contributed by atoms with van der Waals surface area (Å²) >= 11 is 0. The molecule has 1 aromatic heterocycles. The molecule has 22 heavy (non-hydrogen) atoms. The molecule has 1 atom stereocenters. The van der Waals surface area contributed by atoms with Gasteiger partial charge in [0.2, 0.25) is 11.8 Å². The van der Waals surface area contributed by atoms with E-state index < -0.39 is 0 Å². The number of hydrogen-bond acceptors (Lipinski definition) is 4. The van der Waals surface area contributed by atoms with E-state index in [9.17, 15) is 0 Å². The lowest BCUT2D eigenvalue weighted by molar-refractivity contribution is 0.489. The highest BCUT2D eigenvalue weighted by Crippen LogP contribution is 2.33. The Hall–Kier alpha value is -2.62. The molecule has 0 saturated heterocycles. The molecule has 1 aliphatic rings. The predicted molar refractivity (Wildman–Crippen MR) is 85.5 cm³/mol. The van der Waals surface area contributed by atoms with Crippen LogP contribution in [-0.2, 0) is 13.0 Å². The summed E-state index contributed by atoms with van der Waals surface area (Å²) in [7, 11) is 0. The van der Waals surface area contributed by atoms with Crippen molar-refractivity contribution in [2.45, 2.75) is 25.9 Å². The molecule has 0 radical (unpaired) electrons. The van der Waals surface area contributed by atoms with E-state index in [1.54, 1.807) is 0 Å². The van der Waals surface area contributed by atoms with Crippen LogP contribution < -0.4 is 4.90 Å². The van der Waals surface area contributed by atoms with Crippen LogP contribution in [0.1, 0.15) is 18.4 Å². The lowest BCUT2D eigenvalue weighted by Gasteiger charge is -2.22. The van der Waals surface area contributed by atoms with Crippen molar-refractivity contribution in [3.8, 4) is 11.5 Å². The van der Waals surface area contributed by atoms with Crippen LogP contribution in [0.2, 0.25) is 0 Å². The summed E-state index contributed by atoms with van der Waals surface area (Å²) in [4.78, 5) is 2.33. The topological polar surface area (TPSA) is 42.2 Å². The summed E-state index contributed by atoms with van der Waals surface area (Å²) < 4.78 is 5.83. The molecule has 0 unspecified atom stereocenters. The molecule has 2 heterocycles. The Labute approximate surface area is 129 Å². The first-order chi connectivity index (χ1) is 10.8. The molecule has 0 amide bonds. The summed E-state index contributed by atoms with van der Waals surface area (Å²) in [6.07, 6.45) is 1.07. The second kappa shape index (κ2) is 5.30. The third kappa shape index (κ3) is 2.26. The van der Waals surface area contributed by atoms with Gasteiger partial charge >= 0.3 is 0 Å². The summed E-state index contributed by atoms with van der Waals surface area (Å²) in [6, 6.07) is 18.8. The Balaban J connectivity index is 1.59. The highest BCUT2D eigenvalue weighted by molar-refractivity contribution is 5.59. The van der Waals surface area contributed by atoms with Crippen LogP contribution in [0, 0.1) is 0 Å². The zero-order valence-corrected chi connectivity index (χ0v) is 12.4. The van der Waals surface area contributed by atoms with Crippen molar-refractivity contribution in [3.05, 3.63) is 66.1 Å². The van der Waals surface area contributed by atoms with Crippen molar-refractivity contribution >= 4 is 5.69 Å². The second-order valence-corrected chi connectivity index (χ2v) is 5.68. The van der Waals surface area contributed by atoms with Crippen LogP contribution in [0.25, 0.3) is 11.5 Å². The first-order valence-electron chi connectivity index (χ1n) is 7.53. The molecular weight excluding hydrogens is 274 g/mol. The Kier molecular flexibility index (Phi) is 3.15. The van der Waals surface area contributed by atoms with Gasteiger partial charge in [0.05, 0.1) is 6.54 Å². The van der Waals surface area contributed by atoms with Crippen LogP contribution in [-0.4, -0.2) is 16.2 Å². The van der Waals surface area contributed by atoms with Gasteiger partial charge in [-0.15, -0.1) is 10.2 Å². The third-order valence-electron chi connectivity index (χ3n) is 4.14. The zero-order chi connectivity index (χ0) is 14.9. The van der Waals surface area contributed by atoms with E-state index in [1.165, 1.54) is 11.3 Å². The van der Waals surface area contributed by atoms with Gasteiger partial charge in [0.25, 0.3) is 0 Å². The standard InChI is InChI=1S/C18H17N3O/c1-13-11-15-9-5-6-10-16(15)21(13)12-17-19-20-18(22-17)14-7-3-2-4-8-14/h2-10,13H,11-12H2,1H3/t13-/m1/s1. The SMILES string of the molecule is C[C@@H]1Cc2ccccc2N1Cc1nnc(-c2ccccc2)o1. The van der Waals surface area contributed by atoms with Crippen molar-refractivity contribution in [3.63, 3.8) is 0 Å². The fourth-order valence-electron chi connectivity index (χ4n) is 3.03. The molecular formula is C18H17N3O. The van der Waals surface area contributed by atoms with Gasteiger partial charge in [-0.25, -0.2) is 0 Å². The maximum absolute atomic E-state index is 5.83. The van der Waals surface area contributed by atoms with Crippen molar-refractivity contribution in [2.24, 2.45) is 0 Å². The Bertz CT molecular complexity index is 782. The number of para-hydroxylation sites is 1. The van der Waals surface area contributed by atoms with Gasteiger partial charge in [0, 0.05) is 17.3 Å². The number of hydrogen-bond donors (Lipinski definition) is 0. The molecule has 1 aliphatic heterocycles. The maximum Gasteiger partial charge on any atom is 0.247 e. The number of anilines is 1. The lowest BCUT2D eigenvalue weighted by Crippen LogP contribution is -2.28. The molecule has 0 fully saturated rings. The molecule has 110 valence electrons. The van der Waals surface area contributed by atoms with Crippen molar-refractivity contribution in [1.29, 1.82) is 0 Å². The smallest absolute Gasteiger partial charge is 0.247 e. The van der Waals surface area contributed by atoms with Gasteiger partial charge in [-0.1, -0.05) is 36.4 Å². The van der Waals surface area contributed by atoms with E-state index >= 15 is 0 Å². The number of rotatable bonds is 3. The Morgan fingerprint density at radius 2 is 1.82 bits per heavy atom. The maximum atomic E-state index is 5.83. The molecule has 4 nitrogen and oxygen atoms in total. The number of nitrogens with zero attached hydrogens (tertiary/aromatic N) is 3. The second-order valence-electron chi connectivity index (χ2n) is 5.68. The van der Waals surface area contributed by atoms with Gasteiger partial charge < -0.3 is 9.32 Å². The summed E-state index contributed by atoms with van der Waals surface area (Å²) in [5.74, 6) is 1.23. The monoisotopic (exact) mass is 291 g/mol. The predicted octanol–water partition coefficient (Wildman–Crippen LogP) is 3.69. The van der Waals surface area contributed by atoms with Crippen LogP contribution >= 0.6 is 0 Å². The van der Waals surface area contributed by atoms with Gasteiger partial charge in [-0.2, -0.15) is 0 Å². The van der Waals surface area contributed by atoms with E-state index in [0.717, 1.165) is 12.0 Å². The minimum atomic E-state index is 0.449. The fraction of sp³-hybridized carbons (Fsp3) is 0.222. The van der Waals surface area contributed by atoms with E-state index in [1.807, 2.05) is 30.3 Å². The van der Waals surface area contributed by atoms with Crippen LogP contribution in [0.4, 0.5) is 5.69 Å². The molecule has 2 aromatic carbocycles. The van der Waals surface area contributed by atoms with Crippen molar-refractivity contribution < 1.29 is 4.42 Å². The van der Waals surface area contributed by atoms with Gasteiger partial charge in [-0.3, -0.25) is 0 Å². The molecule has 0 N–H and O–H groups in total. The zero-order valence-electron chi connectivity index (χ0n) is 12.4. The number of benzene rings is 2. The highest BCUT2D eigenvalue weighted by atomic mass is 16.4. The van der Waals surface area contributed by atoms with Crippen molar-refractivity contribution in [2.75, 3.05) is 4.90 Å². The highest BCUT2D eigenvalue weighted by Gasteiger charge is 2.27. The quantitative estimate of drug-likeness (QED) is 0.738. The Morgan fingerprint density at radius 1 is 1.05 bits per heavy atom. The van der Waals surface area contributed by atoms with Crippen LogP contribution in [0.3, 0.4) is 0 Å². The number of aromatic nitrogens is 2. The van der Waals surface area contributed by atoms with Crippen LogP contribution in [0.5, 0.6) is 0 Å². The molecule has 0 spiro atoms. The van der Waals surface area contributed by atoms with Crippen molar-refractivity contribution in [1.82, 2.24) is 10.2 Å². The molecule has 0 saturated carbocycles. The lowest BCUT2D eigenvalue weighted by atomic mass is 10.1. The van der Waals surface area contributed by atoms with Gasteiger partial charge in [-0.05, 0) is 37.1 Å². The third-order valence-corrected chi connectivity index (χ3v) is 4.14. The molecule has 3 aromatic rings. The van der Waals surface area contributed by atoms with Gasteiger partial charge in [0.15, 0.2) is 0 Å². The van der Waals surface area contributed by atoms with E-state index in [-0.39, 0.29) is 0 Å². The summed E-state index contributed by atoms with van der Waals surface area (Å²) in [5, 5.41) is 8.37. The summed E-state index contributed by atoms with van der Waals surface area (Å²) in [6.45, 7) is 2.88. The molecule has 0 bridgehead atoms. The first-order valence-corrected chi connectivity index (χ1v) is 7.53. The summed E-state index contributed by atoms with van der Waals surface area (Å²) in [5.41, 5.74) is 3.61. The van der Waals surface area contributed by atoms with Crippen LogP contribution in [0.15, 0.2) is 59.0 Å². The van der Waals surface area contributed by atoms with E-state index in [2.05, 4.69) is 46.3 Å². The fourth-order valence-corrected chi connectivity index (χ4v) is 3.03. The minimum Gasteiger partial charge on any atom is -0.419 e. The number of fused-ring (bicyclic) bond motifs is 1. The largest absolute Gasteiger partial charge is 0.419 e. The Morgan fingerprint density at radius 3 is 2.68 bits per heavy atom. The average molecular weight is 291 g/mol. The minimum absolute atomic E-state index is 0.449. The van der Waals surface area contributed by atoms with Gasteiger partial charge in [0.1, 0.15) is 0 Å².